The lowest BCUT2D eigenvalue weighted by Gasteiger charge is -2.39. The van der Waals surface area contributed by atoms with Crippen LogP contribution in [0.1, 0.15) is 54.6 Å². The fourth-order valence-corrected chi connectivity index (χ4v) is 4.99. The van der Waals surface area contributed by atoms with Gasteiger partial charge in [-0.2, -0.15) is 26.3 Å². The standard InChI is InChI=1S/C27H33F3N2O2.C2HF3O2/c1-20(2)18-34-24-9-4-3-6-22(24)17-31-13-10-26(11-14-31)12-15-32(19-26)25(33)21-7-5-8-23(16-21)27(28,29)30;3-2(4,5)1(6)7/h3-9,16,20H,10-15,17-19H2,1-2H3;(H,6,7). The van der Waals surface area contributed by atoms with Crippen LogP contribution >= 0.6 is 0 Å². The minimum absolute atomic E-state index is 0.0570. The van der Waals surface area contributed by atoms with Gasteiger partial charge in [0, 0.05) is 30.8 Å². The van der Waals surface area contributed by atoms with Crippen LogP contribution in [0.5, 0.6) is 5.75 Å². The van der Waals surface area contributed by atoms with Crippen molar-refractivity contribution in [2.75, 3.05) is 32.8 Å². The monoisotopic (exact) mass is 588 g/mol. The Kier molecular flexibility index (Phi) is 10.3. The van der Waals surface area contributed by atoms with Crippen LogP contribution in [0.15, 0.2) is 48.5 Å². The van der Waals surface area contributed by atoms with Gasteiger partial charge in [0.2, 0.25) is 0 Å². The van der Waals surface area contributed by atoms with Crippen molar-refractivity contribution in [3.63, 3.8) is 0 Å². The van der Waals surface area contributed by atoms with Gasteiger partial charge in [-0.3, -0.25) is 9.69 Å². The molecule has 2 heterocycles. The molecule has 2 aromatic carbocycles. The quantitative estimate of drug-likeness (QED) is 0.390. The van der Waals surface area contributed by atoms with Gasteiger partial charge in [0.1, 0.15) is 5.75 Å². The Labute approximate surface area is 234 Å². The second-order valence-corrected chi connectivity index (χ2v) is 10.9. The highest BCUT2D eigenvalue weighted by Crippen LogP contribution is 2.41. The first-order valence-electron chi connectivity index (χ1n) is 13.3. The molecule has 2 saturated heterocycles. The number of rotatable bonds is 6. The molecule has 2 aliphatic heterocycles. The average molecular weight is 589 g/mol. The lowest BCUT2D eigenvalue weighted by molar-refractivity contribution is -0.192. The molecule has 226 valence electrons. The van der Waals surface area contributed by atoms with Crippen molar-refractivity contribution in [1.29, 1.82) is 0 Å². The van der Waals surface area contributed by atoms with Gasteiger partial charge >= 0.3 is 18.3 Å². The summed E-state index contributed by atoms with van der Waals surface area (Å²) in [5.41, 5.74) is 0.578. The van der Waals surface area contributed by atoms with Crippen LogP contribution in [-0.4, -0.2) is 65.7 Å². The van der Waals surface area contributed by atoms with E-state index in [1.807, 2.05) is 18.2 Å². The number of piperidine rings is 1. The van der Waals surface area contributed by atoms with Crippen LogP contribution in [0, 0.1) is 11.3 Å². The molecule has 0 atom stereocenters. The first kappa shape index (κ1) is 32.2. The number of hydrogen-bond donors (Lipinski definition) is 1. The fraction of sp³-hybridized carbons (Fsp3) is 0.517. The van der Waals surface area contributed by atoms with Crippen LogP contribution in [0.4, 0.5) is 26.3 Å². The Bertz CT molecular complexity index is 1190. The first-order chi connectivity index (χ1) is 19.1. The van der Waals surface area contributed by atoms with Gasteiger partial charge in [-0.05, 0) is 68.0 Å². The number of amides is 1. The van der Waals surface area contributed by atoms with Crippen LogP contribution in [0.25, 0.3) is 0 Å². The summed E-state index contributed by atoms with van der Waals surface area (Å²) in [5, 5.41) is 7.12. The number of likely N-dealkylation sites (tertiary alicyclic amines) is 2. The van der Waals surface area contributed by atoms with Gasteiger partial charge in [0.15, 0.2) is 0 Å². The zero-order valence-electron chi connectivity index (χ0n) is 22.9. The number of ether oxygens (including phenoxy) is 1. The second kappa shape index (κ2) is 13.1. The molecule has 0 aromatic heterocycles. The third kappa shape index (κ3) is 9.11. The number of alkyl halides is 6. The maximum Gasteiger partial charge on any atom is 0.490 e. The van der Waals surface area contributed by atoms with E-state index in [0.717, 1.165) is 56.8 Å². The molecule has 2 fully saturated rings. The number of carboxylic acid groups (broad SMARTS) is 1. The highest BCUT2D eigenvalue weighted by molar-refractivity contribution is 5.94. The third-order valence-electron chi connectivity index (χ3n) is 7.26. The van der Waals surface area contributed by atoms with Crippen LogP contribution in [0.3, 0.4) is 0 Å². The zero-order valence-corrected chi connectivity index (χ0v) is 22.9. The van der Waals surface area contributed by atoms with E-state index in [-0.39, 0.29) is 16.9 Å². The number of carbonyl (C=O) groups is 2. The maximum atomic E-state index is 13.1. The van der Waals surface area contributed by atoms with Crippen molar-refractivity contribution < 1.29 is 45.8 Å². The summed E-state index contributed by atoms with van der Waals surface area (Å²) in [7, 11) is 0. The lowest BCUT2D eigenvalue weighted by atomic mass is 9.77. The summed E-state index contributed by atoms with van der Waals surface area (Å²) in [6.45, 7) is 8.87. The van der Waals surface area contributed by atoms with Crippen molar-refractivity contribution >= 4 is 11.9 Å². The number of carbonyl (C=O) groups excluding carboxylic acids is 1. The first-order valence-corrected chi connectivity index (χ1v) is 13.3. The predicted molar refractivity (Wildman–Crippen MR) is 139 cm³/mol. The normalized spacial score (nSPS) is 17.3. The Balaban J connectivity index is 0.000000587. The molecule has 1 amide bonds. The Morgan fingerprint density at radius 2 is 1.56 bits per heavy atom. The number of aliphatic carboxylic acids is 1. The number of nitrogens with zero attached hydrogens (tertiary/aromatic N) is 2. The topological polar surface area (TPSA) is 70.1 Å². The molecule has 0 radical (unpaired) electrons. The predicted octanol–water partition coefficient (Wildman–Crippen LogP) is 6.50. The van der Waals surface area contributed by atoms with E-state index in [1.165, 1.54) is 17.7 Å². The minimum Gasteiger partial charge on any atom is -0.493 e. The van der Waals surface area contributed by atoms with Gasteiger partial charge in [-0.1, -0.05) is 38.1 Å². The molecule has 0 aliphatic carbocycles. The lowest BCUT2D eigenvalue weighted by Crippen LogP contribution is -2.42. The molecule has 0 saturated carbocycles. The second-order valence-electron chi connectivity index (χ2n) is 10.9. The molecule has 1 spiro atoms. The smallest absolute Gasteiger partial charge is 0.490 e. The number of carboxylic acids is 1. The SMILES string of the molecule is CC(C)COc1ccccc1CN1CCC2(CC1)CCN(C(=O)c1cccc(C(F)(F)F)c1)C2.O=C(O)C(F)(F)F. The van der Waals surface area contributed by atoms with Gasteiger partial charge in [0.25, 0.3) is 5.91 Å². The third-order valence-corrected chi connectivity index (χ3v) is 7.26. The molecule has 2 aromatic rings. The van der Waals surface area contributed by atoms with Crippen molar-refractivity contribution in [2.24, 2.45) is 11.3 Å². The van der Waals surface area contributed by atoms with Crippen molar-refractivity contribution in [1.82, 2.24) is 9.80 Å². The van der Waals surface area contributed by atoms with Crippen molar-refractivity contribution in [2.45, 2.75) is 52.0 Å². The van der Waals surface area contributed by atoms with E-state index < -0.39 is 23.9 Å². The molecule has 6 nitrogen and oxygen atoms in total. The number of halogens is 6. The van der Waals surface area contributed by atoms with Crippen LogP contribution in [0.2, 0.25) is 0 Å². The fourth-order valence-electron chi connectivity index (χ4n) is 4.99. The average Bonchev–Trinajstić information content (AvgIpc) is 3.32. The van der Waals surface area contributed by atoms with Crippen LogP contribution in [-0.2, 0) is 17.5 Å². The van der Waals surface area contributed by atoms with E-state index in [0.29, 0.717) is 25.6 Å². The van der Waals surface area contributed by atoms with Crippen LogP contribution < -0.4 is 4.74 Å². The largest absolute Gasteiger partial charge is 0.493 e. The maximum absolute atomic E-state index is 13.1. The van der Waals surface area contributed by atoms with E-state index >= 15 is 0 Å². The van der Waals surface area contributed by atoms with Crippen molar-refractivity contribution in [3.05, 3.63) is 65.2 Å². The number of benzene rings is 2. The van der Waals surface area contributed by atoms with E-state index in [9.17, 15) is 31.1 Å². The summed E-state index contributed by atoms with van der Waals surface area (Å²) in [4.78, 5) is 26.0. The molecule has 41 heavy (non-hydrogen) atoms. The summed E-state index contributed by atoms with van der Waals surface area (Å²) < 4.78 is 76.9. The van der Waals surface area contributed by atoms with E-state index in [1.54, 1.807) is 4.90 Å². The Morgan fingerprint density at radius 1 is 0.951 bits per heavy atom. The van der Waals surface area contributed by atoms with Crippen molar-refractivity contribution in [3.8, 4) is 5.75 Å². The molecule has 0 bridgehead atoms. The summed E-state index contributed by atoms with van der Waals surface area (Å²) in [5.74, 6) is -1.66. The Hall–Kier alpha value is -3.28. The molecule has 4 rings (SSSR count). The minimum atomic E-state index is -5.08. The van der Waals surface area contributed by atoms with E-state index in [2.05, 4.69) is 24.8 Å². The van der Waals surface area contributed by atoms with Gasteiger partial charge in [-0.25, -0.2) is 4.79 Å². The zero-order chi connectivity index (χ0) is 30.4. The summed E-state index contributed by atoms with van der Waals surface area (Å²) in [6, 6.07) is 12.9. The molecule has 12 heteroatoms. The number of para-hydroxylation sites is 1. The molecular formula is C29H34F6N2O4. The molecule has 1 N–H and O–H groups in total. The number of hydrogen-bond acceptors (Lipinski definition) is 4. The highest BCUT2D eigenvalue weighted by atomic mass is 19.4. The summed E-state index contributed by atoms with van der Waals surface area (Å²) >= 11 is 0. The van der Waals surface area contributed by atoms with Gasteiger partial charge in [0.05, 0.1) is 12.2 Å². The van der Waals surface area contributed by atoms with E-state index in [4.69, 9.17) is 14.6 Å². The highest BCUT2D eigenvalue weighted by Gasteiger charge is 2.42. The molecular weight excluding hydrogens is 554 g/mol. The summed E-state index contributed by atoms with van der Waals surface area (Å²) in [6.07, 6.45) is -6.67. The molecule has 0 unspecified atom stereocenters. The van der Waals surface area contributed by atoms with Gasteiger partial charge in [-0.15, -0.1) is 0 Å². The van der Waals surface area contributed by atoms with Gasteiger partial charge < -0.3 is 14.7 Å². The Morgan fingerprint density at radius 3 is 2.15 bits per heavy atom. The molecule has 2 aliphatic rings.